The summed E-state index contributed by atoms with van der Waals surface area (Å²) in [5.74, 6) is -2.01. The van der Waals surface area contributed by atoms with Crippen molar-refractivity contribution in [3.8, 4) is 5.88 Å². The van der Waals surface area contributed by atoms with E-state index in [4.69, 9.17) is 14.3 Å². The van der Waals surface area contributed by atoms with Crippen LogP contribution in [-0.2, 0) is 25.8 Å². The number of aryl methyl sites for hydroxylation is 1. The van der Waals surface area contributed by atoms with Crippen LogP contribution in [0.2, 0.25) is 0 Å². The number of ether oxygens (including phenoxy) is 2. The molecule has 198 valence electrons. The molecule has 0 unspecified atom stereocenters. The van der Waals surface area contributed by atoms with Crippen LogP contribution in [0.15, 0.2) is 18.5 Å². The zero-order valence-corrected chi connectivity index (χ0v) is 21.4. The largest absolute Gasteiger partial charge is 0.528 e. The second kappa shape index (κ2) is 11.8. The van der Waals surface area contributed by atoms with Crippen molar-refractivity contribution in [2.45, 2.75) is 52.2 Å². The standard InChI is InChI=1S/C23H30F2N4O6S/c1-14(2)33-23(30)35-29-10-7-17(8-11-29)34-22-15(3)21(26-13-27-22)28-18-6-5-16(19(24)20(18)25)9-12-36(4,31)32/h5-6,13-14,17H,7-12H2,1-4H3,(H,26,27,28). The molecule has 10 nitrogen and oxygen atoms in total. The summed E-state index contributed by atoms with van der Waals surface area (Å²) in [6, 6.07) is 2.67. The average Bonchev–Trinajstić information content (AvgIpc) is 2.79. The van der Waals surface area contributed by atoms with Gasteiger partial charge in [-0.05, 0) is 38.8 Å². The Bertz CT molecular complexity index is 1190. The SMILES string of the molecule is Cc1c(Nc2ccc(CCS(C)(=O)=O)c(F)c2F)ncnc1OC1CCN(OC(=O)OC(C)C)CC1. The predicted molar refractivity (Wildman–Crippen MR) is 128 cm³/mol. The minimum absolute atomic E-state index is 0.0281. The van der Waals surface area contributed by atoms with E-state index in [1.165, 1.54) is 23.5 Å². The quantitative estimate of drug-likeness (QED) is 0.482. The van der Waals surface area contributed by atoms with Gasteiger partial charge in [0.15, 0.2) is 11.6 Å². The van der Waals surface area contributed by atoms with Crippen LogP contribution in [0.1, 0.15) is 37.8 Å². The second-order valence-corrected chi connectivity index (χ2v) is 11.1. The molecule has 36 heavy (non-hydrogen) atoms. The number of benzene rings is 1. The molecule has 1 N–H and O–H groups in total. The van der Waals surface area contributed by atoms with Gasteiger partial charge in [0.1, 0.15) is 28.1 Å². The lowest BCUT2D eigenvalue weighted by Crippen LogP contribution is -2.40. The van der Waals surface area contributed by atoms with Crippen molar-refractivity contribution in [3.63, 3.8) is 0 Å². The minimum atomic E-state index is -3.31. The van der Waals surface area contributed by atoms with Gasteiger partial charge in [-0.3, -0.25) is 0 Å². The maximum Gasteiger partial charge on any atom is 0.528 e. The van der Waals surface area contributed by atoms with Gasteiger partial charge < -0.3 is 19.6 Å². The van der Waals surface area contributed by atoms with Gasteiger partial charge in [-0.25, -0.2) is 32.0 Å². The number of carbonyl (C=O) groups excluding carboxylic acids is 1. The van der Waals surface area contributed by atoms with Gasteiger partial charge >= 0.3 is 6.16 Å². The number of nitrogens with zero attached hydrogens (tertiary/aromatic N) is 3. The highest BCUT2D eigenvalue weighted by Crippen LogP contribution is 2.29. The first-order valence-corrected chi connectivity index (χ1v) is 13.5. The van der Waals surface area contributed by atoms with Crippen LogP contribution in [0.25, 0.3) is 0 Å². The van der Waals surface area contributed by atoms with Gasteiger partial charge in [0.2, 0.25) is 5.88 Å². The highest BCUT2D eigenvalue weighted by molar-refractivity contribution is 7.90. The van der Waals surface area contributed by atoms with E-state index in [1.54, 1.807) is 20.8 Å². The van der Waals surface area contributed by atoms with E-state index < -0.39 is 27.6 Å². The molecule has 1 aliphatic rings. The van der Waals surface area contributed by atoms with E-state index in [0.29, 0.717) is 31.5 Å². The summed E-state index contributed by atoms with van der Waals surface area (Å²) < 4.78 is 62.8. The van der Waals surface area contributed by atoms with Crippen LogP contribution in [0.5, 0.6) is 5.88 Å². The Morgan fingerprint density at radius 1 is 1.19 bits per heavy atom. The molecule has 0 radical (unpaired) electrons. The molecule has 0 bridgehead atoms. The van der Waals surface area contributed by atoms with E-state index in [1.807, 2.05) is 0 Å². The van der Waals surface area contributed by atoms with E-state index in [-0.39, 0.29) is 47.3 Å². The van der Waals surface area contributed by atoms with E-state index in [9.17, 15) is 22.0 Å². The van der Waals surface area contributed by atoms with Gasteiger partial charge in [-0.1, -0.05) is 6.07 Å². The summed E-state index contributed by atoms with van der Waals surface area (Å²) in [4.78, 5) is 25.1. The zero-order chi connectivity index (χ0) is 26.5. The summed E-state index contributed by atoms with van der Waals surface area (Å²) >= 11 is 0. The van der Waals surface area contributed by atoms with Gasteiger partial charge in [-0.2, -0.15) is 0 Å². The van der Waals surface area contributed by atoms with Crippen LogP contribution in [-0.4, -0.2) is 66.9 Å². The third-order valence-corrected chi connectivity index (χ3v) is 6.36. The molecule has 1 aromatic carbocycles. The minimum Gasteiger partial charge on any atom is -0.474 e. The maximum atomic E-state index is 14.7. The topological polar surface area (TPSA) is 120 Å². The molecular formula is C23H30F2N4O6S. The van der Waals surface area contributed by atoms with Crippen LogP contribution >= 0.6 is 0 Å². The molecule has 1 saturated heterocycles. The number of aromatic nitrogens is 2. The number of piperidine rings is 1. The Morgan fingerprint density at radius 2 is 1.89 bits per heavy atom. The molecule has 1 aromatic heterocycles. The predicted octanol–water partition coefficient (Wildman–Crippen LogP) is 3.71. The Balaban J connectivity index is 1.62. The number of hydrogen-bond donors (Lipinski definition) is 1. The zero-order valence-electron chi connectivity index (χ0n) is 20.6. The highest BCUT2D eigenvalue weighted by atomic mass is 32.2. The van der Waals surface area contributed by atoms with E-state index >= 15 is 0 Å². The van der Waals surface area contributed by atoms with Crippen LogP contribution in [0, 0.1) is 18.6 Å². The maximum absolute atomic E-state index is 14.7. The van der Waals surface area contributed by atoms with Crippen molar-refractivity contribution in [1.82, 2.24) is 15.0 Å². The Labute approximate surface area is 208 Å². The van der Waals surface area contributed by atoms with Gasteiger partial charge in [0, 0.05) is 32.2 Å². The molecular weight excluding hydrogens is 498 g/mol. The smallest absolute Gasteiger partial charge is 0.474 e. The number of anilines is 2. The molecule has 0 spiro atoms. The van der Waals surface area contributed by atoms with Crippen molar-refractivity contribution >= 4 is 27.5 Å². The van der Waals surface area contributed by atoms with E-state index in [2.05, 4.69) is 15.3 Å². The normalized spacial score (nSPS) is 15.1. The lowest BCUT2D eigenvalue weighted by Gasteiger charge is -2.30. The van der Waals surface area contributed by atoms with Crippen LogP contribution in [0.3, 0.4) is 0 Å². The third kappa shape index (κ3) is 7.72. The number of hydrogen-bond acceptors (Lipinski definition) is 10. The molecule has 1 fully saturated rings. The molecule has 13 heteroatoms. The number of nitrogens with one attached hydrogen (secondary N) is 1. The number of carbonyl (C=O) groups is 1. The van der Waals surface area contributed by atoms with Crippen molar-refractivity contribution < 1.29 is 36.3 Å². The monoisotopic (exact) mass is 528 g/mol. The summed E-state index contributed by atoms with van der Waals surface area (Å²) in [6.07, 6.45) is 2.07. The lowest BCUT2D eigenvalue weighted by molar-refractivity contribution is -0.151. The second-order valence-electron chi connectivity index (χ2n) is 8.81. The molecule has 0 aliphatic carbocycles. The molecule has 0 atom stereocenters. The third-order valence-electron chi connectivity index (χ3n) is 5.41. The Kier molecular flexibility index (Phi) is 9.01. The Morgan fingerprint density at radius 3 is 2.53 bits per heavy atom. The van der Waals surface area contributed by atoms with Gasteiger partial charge in [0.05, 0.1) is 23.1 Å². The van der Waals surface area contributed by atoms with Gasteiger partial charge in [-0.15, -0.1) is 5.06 Å². The summed E-state index contributed by atoms with van der Waals surface area (Å²) in [5.41, 5.74) is 0.319. The first-order chi connectivity index (χ1) is 16.9. The molecule has 3 rings (SSSR count). The van der Waals surface area contributed by atoms with Crippen LogP contribution in [0.4, 0.5) is 25.1 Å². The number of hydroxylamine groups is 2. The fourth-order valence-electron chi connectivity index (χ4n) is 3.50. The molecule has 2 aromatic rings. The van der Waals surface area contributed by atoms with Gasteiger partial charge in [0.25, 0.3) is 0 Å². The van der Waals surface area contributed by atoms with Crippen molar-refractivity contribution in [2.24, 2.45) is 0 Å². The fraction of sp³-hybridized carbons (Fsp3) is 0.522. The number of sulfone groups is 1. The first kappa shape index (κ1) is 27.5. The summed E-state index contributed by atoms with van der Waals surface area (Å²) in [7, 11) is -3.31. The van der Waals surface area contributed by atoms with Crippen molar-refractivity contribution in [3.05, 3.63) is 41.2 Å². The van der Waals surface area contributed by atoms with Crippen LogP contribution < -0.4 is 10.1 Å². The molecule has 0 amide bonds. The summed E-state index contributed by atoms with van der Waals surface area (Å²) in [5, 5.41) is 4.27. The van der Waals surface area contributed by atoms with Crippen molar-refractivity contribution in [2.75, 3.05) is 30.4 Å². The average molecular weight is 529 g/mol. The van der Waals surface area contributed by atoms with E-state index in [0.717, 1.165) is 6.26 Å². The first-order valence-electron chi connectivity index (χ1n) is 11.5. The fourth-order valence-corrected chi connectivity index (χ4v) is 4.09. The molecule has 0 saturated carbocycles. The number of halogens is 2. The highest BCUT2D eigenvalue weighted by Gasteiger charge is 2.25. The molecule has 2 heterocycles. The Hall–Kier alpha value is -3.06. The summed E-state index contributed by atoms with van der Waals surface area (Å²) in [6.45, 7) is 6.05. The lowest BCUT2D eigenvalue weighted by atomic mass is 10.1. The van der Waals surface area contributed by atoms with Crippen molar-refractivity contribution in [1.29, 1.82) is 0 Å². The number of rotatable bonds is 9. The molecule has 1 aliphatic heterocycles.